The lowest BCUT2D eigenvalue weighted by molar-refractivity contribution is 0.174. The van der Waals surface area contributed by atoms with Crippen LogP contribution in [0.3, 0.4) is 0 Å². The quantitative estimate of drug-likeness (QED) is 0.815. The van der Waals surface area contributed by atoms with Crippen molar-refractivity contribution in [3.8, 4) is 22.8 Å². The van der Waals surface area contributed by atoms with Gasteiger partial charge < -0.3 is 9.47 Å². The van der Waals surface area contributed by atoms with Crippen molar-refractivity contribution in [3.05, 3.63) is 28.1 Å². The third-order valence-corrected chi connectivity index (χ3v) is 3.84. The average Bonchev–Trinajstić information content (AvgIpc) is 2.94. The molecule has 2 heterocycles. The summed E-state index contributed by atoms with van der Waals surface area (Å²) in [4.78, 5) is 4.61. The highest BCUT2D eigenvalue weighted by Gasteiger charge is 2.17. The second-order valence-corrected chi connectivity index (χ2v) is 4.94. The predicted octanol–water partition coefficient (Wildman–Crippen LogP) is 3.41. The van der Waals surface area contributed by atoms with E-state index in [2.05, 4.69) is 24.2 Å². The monoisotopic (exact) mass is 247 g/mol. The molecule has 0 fully saturated rings. The number of aromatic nitrogens is 1. The first kappa shape index (κ1) is 10.6. The zero-order valence-corrected chi connectivity index (χ0v) is 10.6. The van der Waals surface area contributed by atoms with Gasteiger partial charge in [0.25, 0.3) is 0 Å². The number of benzene rings is 1. The topological polar surface area (TPSA) is 31.4 Å². The summed E-state index contributed by atoms with van der Waals surface area (Å²) in [5.41, 5.74) is 3.33. The van der Waals surface area contributed by atoms with Gasteiger partial charge in [0, 0.05) is 10.9 Å². The number of hydrogen-bond donors (Lipinski definition) is 0. The lowest BCUT2D eigenvalue weighted by Gasteiger charge is -2.04. The molecule has 88 valence electrons. The summed E-state index contributed by atoms with van der Waals surface area (Å²) in [6, 6.07) is 4.04. The van der Waals surface area contributed by atoms with Gasteiger partial charge in [0.15, 0.2) is 11.5 Å². The van der Waals surface area contributed by atoms with Crippen LogP contribution in [0, 0.1) is 6.92 Å². The van der Waals surface area contributed by atoms with Crippen molar-refractivity contribution < 1.29 is 9.47 Å². The summed E-state index contributed by atoms with van der Waals surface area (Å²) >= 11 is 1.70. The number of hydrogen-bond acceptors (Lipinski definition) is 4. The molecular weight excluding hydrogens is 234 g/mol. The molecule has 0 bridgehead atoms. The van der Waals surface area contributed by atoms with E-state index in [0.717, 1.165) is 34.2 Å². The number of rotatable bonds is 2. The van der Waals surface area contributed by atoms with Crippen LogP contribution in [0.15, 0.2) is 17.5 Å². The van der Waals surface area contributed by atoms with Crippen molar-refractivity contribution in [1.82, 2.24) is 4.98 Å². The van der Waals surface area contributed by atoms with Crippen molar-refractivity contribution in [2.45, 2.75) is 20.3 Å². The number of ether oxygens (including phenoxy) is 2. The molecule has 0 saturated carbocycles. The van der Waals surface area contributed by atoms with Gasteiger partial charge in [-0.15, -0.1) is 11.3 Å². The molecule has 1 aliphatic heterocycles. The minimum atomic E-state index is 0.315. The van der Waals surface area contributed by atoms with E-state index < -0.39 is 0 Å². The van der Waals surface area contributed by atoms with E-state index in [4.69, 9.17) is 9.47 Å². The predicted molar refractivity (Wildman–Crippen MR) is 67.8 cm³/mol. The Morgan fingerprint density at radius 1 is 1.29 bits per heavy atom. The van der Waals surface area contributed by atoms with Gasteiger partial charge in [-0.05, 0) is 31.0 Å². The lowest BCUT2D eigenvalue weighted by atomic mass is 10.1. The first-order valence-electron chi connectivity index (χ1n) is 5.63. The fraction of sp³-hybridized carbons (Fsp3) is 0.308. The third-order valence-electron chi connectivity index (χ3n) is 2.85. The van der Waals surface area contributed by atoms with Crippen molar-refractivity contribution in [2.24, 2.45) is 0 Å². The molecule has 0 atom stereocenters. The Bertz CT molecular complexity index is 563. The van der Waals surface area contributed by atoms with Gasteiger partial charge in [-0.25, -0.2) is 4.98 Å². The molecule has 0 aliphatic carbocycles. The summed E-state index contributed by atoms with van der Waals surface area (Å²) in [7, 11) is 0. The van der Waals surface area contributed by atoms with E-state index in [1.54, 1.807) is 11.3 Å². The largest absolute Gasteiger partial charge is 0.454 e. The maximum absolute atomic E-state index is 5.40. The molecule has 0 spiro atoms. The summed E-state index contributed by atoms with van der Waals surface area (Å²) in [6.07, 6.45) is 0.980. The molecule has 17 heavy (non-hydrogen) atoms. The highest BCUT2D eigenvalue weighted by Crippen LogP contribution is 2.38. The van der Waals surface area contributed by atoms with Gasteiger partial charge in [-0.1, -0.05) is 6.92 Å². The molecule has 3 nitrogen and oxygen atoms in total. The summed E-state index contributed by atoms with van der Waals surface area (Å²) in [5.74, 6) is 1.65. The van der Waals surface area contributed by atoms with Gasteiger partial charge in [0.05, 0.1) is 10.7 Å². The third kappa shape index (κ3) is 1.78. The standard InChI is InChI=1S/C13H13NO2S/c1-3-13-14-10(6-17-13)9-5-12-11(4-8(9)2)15-7-16-12/h4-6H,3,7H2,1-2H3. The Hall–Kier alpha value is -1.55. The molecule has 0 N–H and O–H groups in total. The van der Waals surface area contributed by atoms with Gasteiger partial charge in [0.1, 0.15) is 0 Å². The van der Waals surface area contributed by atoms with Crippen LogP contribution in [0.1, 0.15) is 17.5 Å². The fourth-order valence-corrected chi connectivity index (χ4v) is 2.66. The van der Waals surface area contributed by atoms with E-state index in [1.807, 2.05) is 12.1 Å². The van der Waals surface area contributed by atoms with E-state index in [9.17, 15) is 0 Å². The SMILES string of the molecule is CCc1nc(-c2cc3c(cc2C)OCO3)cs1. The first-order valence-corrected chi connectivity index (χ1v) is 6.51. The molecule has 0 saturated heterocycles. The molecule has 0 unspecified atom stereocenters. The molecule has 1 aromatic carbocycles. The Labute approximate surface area is 104 Å². The van der Waals surface area contributed by atoms with E-state index in [0.29, 0.717) is 6.79 Å². The van der Waals surface area contributed by atoms with Gasteiger partial charge in [-0.3, -0.25) is 0 Å². The second kappa shape index (κ2) is 4.04. The van der Waals surface area contributed by atoms with Crippen LogP contribution < -0.4 is 9.47 Å². The molecular formula is C13H13NO2S. The first-order chi connectivity index (χ1) is 8.28. The van der Waals surface area contributed by atoms with E-state index >= 15 is 0 Å². The van der Waals surface area contributed by atoms with Gasteiger partial charge in [-0.2, -0.15) is 0 Å². The zero-order chi connectivity index (χ0) is 11.8. The number of nitrogens with zero attached hydrogens (tertiary/aromatic N) is 1. The Balaban J connectivity index is 2.08. The molecule has 1 aromatic heterocycles. The molecule has 0 radical (unpaired) electrons. The average molecular weight is 247 g/mol. The summed E-state index contributed by atoms with van der Waals surface area (Å²) in [5, 5.41) is 3.26. The van der Waals surface area contributed by atoms with Crippen molar-refractivity contribution in [2.75, 3.05) is 6.79 Å². The minimum Gasteiger partial charge on any atom is -0.454 e. The highest BCUT2D eigenvalue weighted by molar-refractivity contribution is 7.09. The van der Waals surface area contributed by atoms with Crippen LogP contribution in [0.4, 0.5) is 0 Å². The van der Waals surface area contributed by atoms with E-state index in [-0.39, 0.29) is 0 Å². The minimum absolute atomic E-state index is 0.315. The smallest absolute Gasteiger partial charge is 0.231 e. The number of fused-ring (bicyclic) bond motifs is 1. The van der Waals surface area contributed by atoms with Gasteiger partial charge >= 0.3 is 0 Å². The molecule has 1 aliphatic rings. The summed E-state index contributed by atoms with van der Waals surface area (Å²) < 4.78 is 10.8. The maximum Gasteiger partial charge on any atom is 0.231 e. The zero-order valence-electron chi connectivity index (χ0n) is 9.82. The highest BCUT2D eigenvalue weighted by atomic mass is 32.1. The van der Waals surface area contributed by atoms with Crippen LogP contribution in [0.5, 0.6) is 11.5 Å². The molecule has 4 heteroatoms. The van der Waals surface area contributed by atoms with Crippen molar-refractivity contribution in [1.29, 1.82) is 0 Å². The number of thiazole rings is 1. The summed E-state index contributed by atoms with van der Waals surface area (Å²) in [6.45, 7) is 4.51. The van der Waals surface area contributed by atoms with Crippen LogP contribution in [-0.4, -0.2) is 11.8 Å². The van der Waals surface area contributed by atoms with Crippen molar-refractivity contribution in [3.63, 3.8) is 0 Å². The lowest BCUT2D eigenvalue weighted by Crippen LogP contribution is -1.92. The Morgan fingerprint density at radius 3 is 2.76 bits per heavy atom. The number of aryl methyl sites for hydroxylation is 2. The normalized spacial score (nSPS) is 13.1. The van der Waals surface area contributed by atoms with Crippen LogP contribution >= 0.6 is 11.3 Å². The fourth-order valence-electron chi connectivity index (χ4n) is 1.92. The Morgan fingerprint density at radius 2 is 2.06 bits per heavy atom. The maximum atomic E-state index is 5.40. The van der Waals surface area contributed by atoms with Crippen LogP contribution in [-0.2, 0) is 6.42 Å². The van der Waals surface area contributed by atoms with Crippen LogP contribution in [0.2, 0.25) is 0 Å². The second-order valence-electron chi connectivity index (χ2n) is 4.00. The van der Waals surface area contributed by atoms with Crippen LogP contribution in [0.25, 0.3) is 11.3 Å². The Kier molecular flexibility index (Phi) is 2.52. The molecule has 0 amide bonds. The van der Waals surface area contributed by atoms with E-state index in [1.165, 1.54) is 5.56 Å². The molecule has 2 aromatic rings. The molecule has 3 rings (SSSR count). The van der Waals surface area contributed by atoms with Crippen molar-refractivity contribution >= 4 is 11.3 Å². The van der Waals surface area contributed by atoms with Gasteiger partial charge in [0.2, 0.25) is 6.79 Å².